The zero-order chi connectivity index (χ0) is 19.2. The van der Waals surface area contributed by atoms with Crippen molar-refractivity contribution in [1.82, 2.24) is 9.80 Å². The Labute approximate surface area is 162 Å². The molecule has 0 radical (unpaired) electrons. The Balaban J connectivity index is 1.80. The molecule has 1 heterocycles. The molecule has 2 aromatic rings. The molecule has 4 heteroatoms. The van der Waals surface area contributed by atoms with Gasteiger partial charge < -0.3 is 14.5 Å². The molecule has 1 fully saturated rings. The summed E-state index contributed by atoms with van der Waals surface area (Å²) in [5.74, 6) is 1.02. The fourth-order valence-corrected chi connectivity index (χ4v) is 3.91. The summed E-state index contributed by atoms with van der Waals surface area (Å²) in [7, 11) is 3.81. The van der Waals surface area contributed by atoms with Crippen molar-refractivity contribution in [2.75, 3.05) is 27.2 Å². The van der Waals surface area contributed by atoms with Crippen molar-refractivity contribution >= 4 is 5.91 Å². The quantitative estimate of drug-likeness (QED) is 0.777. The summed E-state index contributed by atoms with van der Waals surface area (Å²) in [5.41, 5.74) is 2.22. The van der Waals surface area contributed by atoms with Gasteiger partial charge in [-0.2, -0.15) is 0 Å². The minimum absolute atomic E-state index is 0.0744. The van der Waals surface area contributed by atoms with E-state index in [1.54, 1.807) is 7.11 Å². The minimum atomic E-state index is 0.0744. The molecule has 2 aromatic carbocycles. The number of piperidine rings is 1. The second-order valence-corrected chi connectivity index (χ2v) is 7.45. The summed E-state index contributed by atoms with van der Waals surface area (Å²) in [6, 6.07) is 18.5. The van der Waals surface area contributed by atoms with Gasteiger partial charge >= 0.3 is 0 Å². The predicted octanol–water partition coefficient (Wildman–Crippen LogP) is 3.92. The lowest BCUT2D eigenvalue weighted by atomic mass is 9.97. The van der Waals surface area contributed by atoms with Crippen LogP contribution in [0.4, 0.5) is 0 Å². The molecule has 1 atom stereocenters. The van der Waals surface area contributed by atoms with E-state index in [4.69, 9.17) is 4.74 Å². The summed E-state index contributed by atoms with van der Waals surface area (Å²) in [4.78, 5) is 17.8. The molecule has 3 rings (SSSR count). The van der Waals surface area contributed by atoms with Crippen molar-refractivity contribution in [1.29, 1.82) is 0 Å². The number of nitrogens with zero attached hydrogens (tertiary/aromatic N) is 2. The standard InChI is InChI=1S/C23H30N2O2/c1-18(20-7-5-4-6-8-20)25(21-13-15-24(2)16-14-21)23(26)17-19-9-11-22(27-3)12-10-19/h4-12,18,21H,13-17H2,1-3H3. The van der Waals surface area contributed by atoms with Gasteiger partial charge in [0.15, 0.2) is 0 Å². The number of hydrogen-bond acceptors (Lipinski definition) is 3. The Hall–Kier alpha value is -2.33. The fourth-order valence-electron chi connectivity index (χ4n) is 3.91. The lowest BCUT2D eigenvalue weighted by Crippen LogP contribution is -2.48. The molecule has 1 unspecified atom stereocenters. The van der Waals surface area contributed by atoms with E-state index < -0.39 is 0 Å². The maximum Gasteiger partial charge on any atom is 0.227 e. The molecule has 0 saturated carbocycles. The van der Waals surface area contributed by atoms with Crippen LogP contribution < -0.4 is 4.74 Å². The first-order valence-electron chi connectivity index (χ1n) is 9.76. The maximum atomic E-state index is 13.3. The van der Waals surface area contributed by atoms with Crippen molar-refractivity contribution in [3.05, 3.63) is 65.7 Å². The Morgan fingerprint density at radius 3 is 2.33 bits per heavy atom. The van der Waals surface area contributed by atoms with Gasteiger partial charge in [-0.3, -0.25) is 4.79 Å². The average Bonchev–Trinajstić information content (AvgIpc) is 2.71. The van der Waals surface area contributed by atoms with Crippen LogP contribution in [0.3, 0.4) is 0 Å². The zero-order valence-electron chi connectivity index (χ0n) is 16.6. The van der Waals surface area contributed by atoms with Crippen molar-refractivity contribution in [2.24, 2.45) is 0 Å². The molecule has 1 amide bonds. The van der Waals surface area contributed by atoms with Crippen LogP contribution in [0, 0.1) is 0 Å². The molecule has 1 aliphatic heterocycles. The van der Waals surface area contributed by atoms with Crippen LogP contribution >= 0.6 is 0 Å². The SMILES string of the molecule is COc1ccc(CC(=O)N(C2CCN(C)CC2)C(C)c2ccccc2)cc1. The van der Waals surface area contributed by atoms with E-state index in [0.717, 1.165) is 37.2 Å². The molecule has 0 aliphatic carbocycles. The number of likely N-dealkylation sites (tertiary alicyclic amines) is 1. The second kappa shape index (κ2) is 9.05. The van der Waals surface area contributed by atoms with E-state index in [-0.39, 0.29) is 11.9 Å². The lowest BCUT2D eigenvalue weighted by Gasteiger charge is -2.41. The van der Waals surface area contributed by atoms with Gasteiger partial charge in [0.05, 0.1) is 19.6 Å². The van der Waals surface area contributed by atoms with Crippen LogP contribution in [-0.4, -0.2) is 49.0 Å². The molecule has 0 bridgehead atoms. The number of methoxy groups -OCH3 is 1. The minimum Gasteiger partial charge on any atom is -0.497 e. The van der Waals surface area contributed by atoms with Crippen LogP contribution in [0.15, 0.2) is 54.6 Å². The van der Waals surface area contributed by atoms with Gasteiger partial charge in [0.25, 0.3) is 0 Å². The Morgan fingerprint density at radius 2 is 1.74 bits per heavy atom. The van der Waals surface area contributed by atoms with Crippen LogP contribution in [0.2, 0.25) is 0 Å². The normalized spacial score (nSPS) is 16.7. The van der Waals surface area contributed by atoms with Gasteiger partial charge in [0.1, 0.15) is 5.75 Å². The maximum absolute atomic E-state index is 13.3. The third-order valence-corrected chi connectivity index (χ3v) is 5.58. The van der Waals surface area contributed by atoms with E-state index in [2.05, 4.69) is 35.9 Å². The zero-order valence-corrected chi connectivity index (χ0v) is 16.6. The molecule has 1 aliphatic rings. The number of carbonyl (C=O) groups excluding carboxylic acids is 1. The number of hydrogen-bond donors (Lipinski definition) is 0. The van der Waals surface area contributed by atoms with E-state index in [0.29, 0.717) is 12.5 Å². The number of benzene rings is 2. The largest absolute Gasteiger partial charge is 0.497 e. The highest BCUT2D eigenvalue weighted by atomic mass is 16.5. The molecule has 0 spiro atoms. The number of carbonyl (C=O) groups is 1. The molecule has 0 aromatic heterocycles. The first-order chi connectivity index (χ1) is 13.1. The molecular formula is C23H30N2O2. The first-order valence-corrected chi connectivity index (χ1v) is 9.76. The smallest absolute Gasteiger partial charge is 0.227 e. The van der Waals surface area contributed by atoms with Crippen molar-refractivity contribution < 1.29 is 9.53 Å². The molecule has 144 valence electrons. The molecule has 27 heavy (non-hydrogen) atoms. The van der Waals surface area contributed by atoms with Crippen molar-refractivity contribution in [3.8, 4) is 5.75 Å². The van der Waals surface area contributed by atoms with Crippen LogP contribution in [0.25, 0.3) is 0 Å². The third kappa shape index (κ3) is 4.89. The number of ether oxygens (including phenoxy) is 1. The number of rotatable bonds is 6. The predicted molar refractivity (Wildman–Crippen MR) is 109 cm³/mol. The van der Waals surface area contributed by atoms with E-state index in [1.165, 1.54) is 5.56 Å². The summed E-state index contributed by atoms with van der Waals surface area (Å²) in [6.45, 7) is 4.23. The Morgan fingerprint density at radius 1 is 1.11 bits per heavy atom. The third-order valence-electron chi connectivity index (χ3n) is 5.58. The van der Waals surface area contributed by atoms with Gasteiger partial charge in [0, 0.05) is 6.04 Å². The summed E-state index contributed by atoms with van der Waals surface area (Å²) < 4.78 is 5.22. The van der Waals surface area contributed by atoms with Crippen LogP contribution in [0.5, 0.6) is 5.75 Å². The molecular weight excluding hydrogens is 336 g/mol. The van der Waals surface area contributed by atoms with Crippen molar-refractivity contribution in [2.45, 2.75) is 38.3 Å². The van der Waals surface area contributed by atoms with Gasteiger partial charge in [-0.25, -0.2) is 0 Å². The van der Waals surface area contributed by atoms with E-state index in [9.17, 15) is 4.79 Å². The highest BCUT2D eigenvalue weighted by Gasteiger charge is 2.31. The highest BCUT2D eigenvalue weighted by molar-refractivity contribution is 5.79. The van der Waals surface area contributed by atoms with E-state index >= 15 is 0 Å². The second-order valence-electron chi connectivity index (χ2n) is 7.45. The Bertz CT molecular complexity index is 722. The van der Waals surface area contributed by atoms with Crippen LogP contribution in [-0.2, 0) is 11.2 Å². The Kier molecular flexibility index (Phi) is 6.51. The summed E-state index contributed by atoms with van der Waals surface area (Å²) in [5, 5.41) is 0. The molecule has 0 N–H and O–H groups in total. The monoisotopic (exact) mass is 366 g/mol. The summed E-state index contributed by atoms with van der Waals surface area (Å²) >= 11 is 0. The average molecular weight is 367 g/mol. The fraction of sp³-hybridized carbons (Fsp3) is 0.435. The first kappa shape index (κ1) is 19.4. The molecule has 4 nitrogen and oxygen atoms in total. The van der Waals surface area contributed by atoms with Crippen molar-refractivity contribution in [3.63, 3.8) is 0 Å². The van der Waals surface area contributed by atoms with Gasteiger partial charge in [0.2, 0.25) is 5.91 Å². The van der Waals surface area contributed by atoms with E-state index in [1.807, 2.05) is 42.5 Å². The topological polar surface area (TPSA) is 32.8 Å². The summed E-state index contributed by atoms with van der Waals surface area (Å²) in [6.07, 6.45) is 2.48. The van der Waals surface area contributed by atoms with Gasteiger partial charge in [-0.15, -0.1) is 0 Å². The van der Waals surface area contributed by atoms with Gasteiger partial charge in [-0.05, 0) is 63.2 Å². The number of amides is 1. The lowest BCUT2D eigenvalue weighted by molar-refractivity contribution is -0.136. The van der Waals surface area contributed by atoms with Gasteiger partial charge in [-0.1, -0.05) is 42.5 Å². The van der Waals surface area contributed by atoms with Crippen LogP contribution in [0.1, 0.15) is 36.9 Å². The highest BCUT2D eigenvalue weighted by Crippen LogP contribution is 2.28. The molecule has 1 saturated heterocycles.